The maximum atomic E-state index is 6.02. The number of nitrogens with zero attached hydrogens (tertiary/aromatic N) is 1. The van der Waals surface area contributed by atoms with E-state index < -0.39 is 0 Å². The van der Waals surface area contributed by atoms with E-state index in [2.05, 4.69) is 4.98 Å². The molecule has 1 aliphatic rings. The second-order valence-electron chi connectivity index (χ2n) is 6.33. The molecule has 0 saturated carbocycles. The summed E-state index contributed by atoms with van der Waals surface area (Å²) in [7, 11) is -0.378. The molecule has 2 rings (SSSR count). The minimum atomic E-state index is -0.378. The number of rotatable bonds is 4. The molecule has 1 aromatic heterocycles. The molecule has 0 radical (unpaired) electrons. The normalized spacial score (nSPS) is 21.9. The largest absolute Gasteiger partial charge is 0.487 e. The number of pyridine rings is 1. The van der Waals surface area contributed by atoms with Gasteiger partial charge < -0.3 is 20.8 Å². The van der Waals surface area contributed by atoms with E-state index in [1.54, 1.807) is 12.4 Å². The lowest BCUT2D eigenvalue weighted by atomic mass is 9.88. The van der Waals surface area contributed by atoms with E-state index in [-0.39, 0.29) is 24.4 Å². The second kappa shape index (κ2) is 5.89. The van der Waals surface area contributed by atoms with E-state index in [1.807, 2.05) is 45.8 Å². The Balaban J connectivity index is 2.17. The van der Waals surface area contributed by atoms with Gasteiger partial charge in [-0.1, -0.05) is 12.1 Å². The van der Waals surface area contributed by atoms with E-state index in [4.69, 9.17) is 20.8 Å². The average Bonchev–Trinajstić information content (AvgIpc) is 2.64. The van der Waals surface area contributed by atoms with Gasteiger partial charge in [0.15, 0.2) is 0 Å². The highest BCUT2D eigenvalue weighted by Crippen LogP contribution is 2.37. The average molecular weight is 289 g/mol. The van der Waals surface area contributed by atoms with Crippen LogP contribution in [0.4, 0.5) is 0 Å². The van der Waals surface area contributed by atoms with Crippen LogP contribution in [0.3, 0.4) is 0 Å². The standard InChI is InChI=1S/C15H24BN3O2/c1-14(2)15(3,4)21-16(20-14)7-5-11-10-19-8-6-12(11)13(18)9-17/h5-8,10,13H,9,17-18H2,1-4H3/b7-5+/t13-/m0/s1. The van der Waals surface area contributed by atoms with E-state index in [0.29, 0.717) is 6.54 Å². The van der Waals surface area contributed by atoms with Crippen molar-refractivity contribution >= 4 is 13.2 Å². The lowest BCUT2D eigenvalue weighted by Gasteiger charge is -2.32. The molecule has 0 amide bonds. The molecule has 1 aliphatic heterocycles. The zero-order valence-corrected chi connectivity index (χ0v) is 13.2. The molecule has 5 nitrogen and oxygen atoms in total. The highest BCUT2D eigenvalue weighted by molar-refractivity contribution is 6.52. The Hall–Kier alpha value is -1.21. The van der Waals surface area contributed by atoms with E-state index in [0.717, 1.165) is 11.1 Å². The Labute approximate surface area is 126 Å². The van der Waals surface area contributed by atoms with E-state index in [1.165, 1.54) is 0 Å². The molecule has 0 spiro atoms. The molecule has 0 aliphatic carbocycles. The van der Waals surface area contributed by atoms with Gasteiger partial charge in [0.25, 0.3) is 0 Å². The van der Waals surface area contributed by atoms with Crippen LogP contribution in [0.5, 0.6) is 0 Å². The third-order valence-electron chi connectivity index (χ3n) is 4.24. The molecule has 0 aromatic carbocycles. The maximum absolute atomic E-state index is 6.02. The van der Waals surface area contributed by atoms with Crippen molar-refractivity contribution in [3.63, 3.8) is 0 Å². The number of nitrogens with two attached hydrogens (primary N) is 2. The van der Waals surface area contributed by atoms with Crippen LogP contribution in [-0.2, 0) is 9.31 Å². The molecular weight excluding hydrogens is 265 g/mol. The van der Waals surface area contributed by atoms with Crippen molar-refractivity contribution in [1.82, 2.24) is 4.98 Å². The van der Waals surface area contributed by atoms with Gasteiger partial charge in [-0.3, -0.25) is 4.98 Å². The summed E-state index contributed by atoms with van der Waals surface area (Å²) in [6.45, 7) is 8.50. The number of hydrogen-bond donors (Lipinski definition) is 2. The molecule has 1 fully saturated rings. The van der Waals surface area contributed by atoms with Gasteiger partial charge in [-0.2, -0.15) is 0 Å². The lowest BCUT2D eigenvalue weighted by molar-refractivity contribution is 0.00578. The minimum Gasteiger partial charge on any atom is -0.400 e. The van der Waals surface area contributed by atoms with Crippen LogP contribution in [-0.4, -0.2) is 29.8 Å². The summed E-state index contributed by atoms with van der Waals surface area (Å²) in [6, 6.07) is 1.69. The Morgan fingerprint density at radius 3 is 2.48 bits per heavy atom. The Bertz CT molecular complexity index is 515. The molecule has 21 heavy (non-hydrogen) atoms. The van der Waals surface area contributed by atoms with Crippen LogP contribution in [0.25, 0.3) is 6.08 Å². The highest BCUT2D eigenvalue weighted by atomic mass is 16.7. The smallest absolute Gasteiger partial charge is 0.400 e. The predicted molar refractivity (Wildman–Crippen MR) is 85.3 cm³/mol. The van der Waals surface area contributed by atoms with Gasteiger partial charge in [0.1, 0.15) is 0 Å². The molecule has 1 saturated heterocycles. The van der Waals surface area contributed by atoms with Crippen LogP contribution < -0.4 is 11.5 Å². The first-order chi connectivity index (χ1) is 9.77. The quantitative estimate of drug-likeness (QED) is 0.824. The fourth-order valence-electron chi connectivity index (χ4n) is 2.17. The summed E-state index contributed by atoms with van der Waals surface area (Å²) in [5.41, 5.74) is 12.9. The van der Waals surface area contributed by atoms with Crippen LogP contribution in [0, 0.1) is 0 Å². The fourth-order valence-corrected chi connectivity index (χ4v) is 2.17. The molecule has 2 heterocycles. The molecule has 1 atom stereocenters. The molecule has 0 unspecified atom stereocenters. The summed E-state index contributed by atoms with van der Waals surface area (Å²) in [6.07, 6.45) is 5.42. The zero-order chi connectivity index (χ0) is 15.7. The molecule has 4 N–H and O–H groups in total. The lowest BCUT2D eigenvalue weighted by Crippen LogP contribution is -2.41. The molecular formula is C15H24BN3O2. The first-order valence-corrected chi connectivity index (χ1v) is 7.20. The summed E-state index contributed by atoms with van der Waals surface area (Å²) < 4.78 is 11.9. The highest BCUT2D eigenvalue weighted by Gasteiger charge is 2.50. The molecule has 0 bridgehead atoms. The van der Waals surface area contributed by atoms with Gasteiger partial charge in [-0.15, -0.1) is 0 Å². The third-order valence-corrected chi connectivity index (χ3v) is 4.24. The summed E-state index contributed by atoms with van der Waals surface area (Å²) in [5, 5.41) is 0. The zero-order valence-electron chi connectivity index (χ0n) is 13.2. The number of aromatic nitrogens is 1. The molecule has 6 heteroatoms. The minimum absolute atomic E-state index is 0.203. The van der Waals surface area contributed by atoms with Crippen molar-refractivity contribution in [2.45, 2.75) is 44.9 Å². The van der Waals surface area contributed by atoms with Gasteiger partial charge in [0.2, 0.25) is 0 Å². The molecule has 1 aromatic rings. The Morgan fingerprint density at radius 1 is 1.29 bits per heavy atom. The summed E-state index contributed by atoms with van der Waals surface area (Å²) in [5.74, 6) is 1.89. The van der Waals surface area contributed by atoms with Gasteiger partial charge >= 0.3 is 7.12 Å². The van der Waals surface area contributed by atoms with Crippen molar-refractivity contribution < 1.29 is 9.31 Å². The van der Waals surface area contributed by atoms with Gasteiger partial charge in [-0.05, 0) is 44.9 Å². The summed E-state index contributed by atoms with van der Waals surface area (Å²) in [4.78, 5) is 4.14. The predicted octanol–water partition coefficient (Wildman–Crippen LogP) is 1.68. The summed E-state index contributed by atoms with van der Waals surface area (Å²) >= 11 is 0. The van der Waals surface area contributed by atoms with Gasteiger partial charge in [0, 0.05) is 25.0 Å². The fraction of sp³-hybridized carbons (Fsp3) is 0.533. The van der Waals surface area contributed by atoms with Crippen molar-refractivity contribution in [3.8, 4) is 0 Å². The molecule has 114 valence electrons. The monoisotopic (exact) mass is 289 g/mol. The van der Waals surface area contributed by atoms with Crippen LogP contribution >= 0.6 is 0 Å². The van der Waals surface area contributed by atoms with Crippen LogP contribution in [0.15, 0.2) is 24.4 Å². The van der Waals surface area contributed by atoms with Gasteiger partial charge in [0.05, 0.1) is 11.2 Å². The number of hydrogen-bond acceptors (Lipinski definition) is 5. The van der Waals surface area contributed by atoms with Crippen molar-refractivity contribution in [2.24, 2.45) is 11.5 Å². The SMILES string of the molecule is CC1(C)OB(/C=C/c2cnccc2[C@@H](N)CN)OC1(C)C. The third kappa shape index (κ3) is 3.35. The Kier molecular flexibility index (Phi) is 4.53. The van der Waals surface area contributed by atoms with Crippen molar-refractivity contribution in [3.05, 3.63) is 35.6 Å². The van der Waals surface area contributed by atoms with Crippen molar-refractivity contribution in [1.29, 1.82) is 0 Å². The van der Waals surface area contributed by atoms with E-state index >= 15 is 0 Å². The topological polar surface area (TPSA) is 83.4 Å². The van der Waals surface area contributed by atoms with Crippen LogP contribution in [0.2, 0.25) is 0 Å². The Morgan fingerprint density at radius 2 is 1.90 bits per heavy atom. The maximum Gasteiger partial charge on any atom is 0.487 e. The van der Waals surface area contributed by atoms with Gasteiger partial charge in [-0.25, -0.2) is 0 Å². The first-order valence-electron chi connectivity index (χ1n) is 7.20. The second-order valence-corrected chi connectivity index (χ2v) is 6.33. The van der Waals surface area contributed by atoms with Crippen molar-refractivity contribution in [2.75, 3.05) is 6.54 Å². The van der Waals surface area contributed by atoms with E-state index in [9.17, 15) is 0 Å². The first kappa shape index (κ1) is 16.2. The van der Waals surface area contributed by atoms with Crippen LogP contribution in [0.1, 0.15) is 44.9 Å².